The van der Waals surface area contributed by atoms with Crippen LogP contribution in [0.1, 0.15) is 36.8 Å². The number of aromatic nitrogens is 1. The Balaban J connectivity index is 1.93. The Morgan fingerprint density at radius 3 is 3.00 bits per heavy atom. The van der Waals surface area contributed by atoms with E-state index in [1.807, 2.05) is 11.8 Å². The van der Waals surface area contributed by atoms with Gasteiger partial charge < -0.3 is 9.88 Å². The van der Waals surface area contributed by atoms with Crippen molar-refractivity contribution in [2.45, 2.75) is 39.5 Å². The molecule has 0 aromatic carbocycles. The molecule has 100 valence electrons. The summed E-state index contributed by atoms with van der Waals surface area (Å²) in [6, 6.07) is 0. The first-order valence-electron chi connectivity index (χ1n) is 6.56. The van der Waals surface area contributed by atoms with Crippen LogP contribution in [0.4, 0.5) is 0 Å². The number of likely N-dealkylation sites (tertiary alicyclic amines) is 1. The van der Waals surface area contributed by atoms with E-state index in [2.05, 4.69) is 11.9 Å². The second kappa shape index (κ2) is 5.97. The number of nitrogens with zero attached hydrogens (tertiary/aromatic N) is 1. The van der Waals surface area contributed by atoms with Gasteiger partial charge in [0.25, 0.3) is 0 Å². The van der Waals surface area contributed by atoms with Gasteiger partial charge in [0, 0.05) is 23.7 Å². The molecule has 2 heterocycles. The summed E-state index contributed by atoms with van der Waals surface area (Å²) in [5.74, 6) is 0.964. The predicted molar refractivity (Wildman–Crippen MR) is 77.5 cm³/mol. The molecule has 0 radical (unpaired) electrons. The van der Waals surface area contributed by atoms with Crippen LogP contribution >= 0.6 is 23.6 Å². The fraction of sp³-hybridized carbons (Fsp3) is 0.692. The first-order chi connectivity index (χ1) is 8.60. The van der Waals surface area contributed by atoms with Crippen LogP contribution in [0.5, 0.6) is 0 Å². The molecule has 1 aromatic heterocycles. The highest BCUT2D eigenvalue weighted by molar-refractivity contribution is 7.73. The standard InChI is InChI=1S/C13H20N2OS2/c1-3-4-10-5-6-15(8-10)12(16)7-11-9(2)14-13(17)18-11/h10H,3-8H2,1-2H3,(H,14,17). The molecule has 18 heavy (non-hydrogen) atoms. The summed E-state index contributed by atoms with van der Waals surface area (Å²) in [4.78, 5) is 18.4. The molecule has 1 aliphatic heterocycles. The third kappa shape index (κ3) is 3.20. The van der Waals surface area contributed by atoms with Crippen molar-refractivity contribution in [3.05, 3.63) is 14.5 Å². The van der Waals surface area contributed by atoms with Crippen LogP contribution < -0.4 is 0 Å². The Morgan fingerprint density at radius 2 is 2.39 bits per heavy atom. The lowest BCUT2D eigenvalue weighted by molar-refractivity contribution is -0.129. The van der Waals surface area contributed by atoms with Gasteiger partial charge in [-0.2, -0.15) is 0 Å². The van der Waals surface area contributed by atoms with Crippen LogP contribution in [0.3, 0.4) is 0 Å². The largest absolute Gasteiger partial charge is 0.342 e. The van der Waals surface area contributed by atoms with Gasteiger partial charge in [0.1, 0.15) is 0 Å². The van der Waals surface area contributed by atoms with E-state index in [1.165, 1.54) is 30.6 Å². The van der Waals surface area contributed by atoms with E-state index in [0.29, 0.717) is 12.3 Å². The molecule has 0 bridgehead atoms. The minimum Gasteiger partial charge on any atom is -0.342 e. The van der Waals surface area contributed by atoms with Crippen LogP contribution in [0, 0.1) is 16.8 Å². The number of aromatic amines is 1. The van der Waals surface area contributed by atoms with Crippen LogP contribution in [0.25, 0.3) is 0 Å². The molecule has 1 fully saturated rings. The highest BCUT2D eigenvalue weighted by Gasteiger charge is 2.25. The third-order valence-electron chi connectivity index (χ3n) is 3.57. The third-order valence-corrected chi connectivity index (χ3v) is 4.91. The molecule has 2 rings (SSSR count). The van der Waals surface area contributed by atoms with E-state index in [0.717, 1.165) is 27.6 Å². The summed E-state index contributed by atoms with van der Waals surface area (Å²) in [6.07, 6.45) is 4.13. The maximum Gasteiger partial charge on any atom is 0.227 e. The topological polar surface area (TPSA) is 36.1 Å². The molecule has 3 nitrogen and oxygen atoms in total. The minimum absolute atomic E-state index is 0.252. The Hall–Kier alpha value is -0.680. The highest BCUT2D eigenvalue weighted by atomic mass is 32.1. The van der Waals surface area contributed by atoms with E-state index >= 15 is 0 Å². The first-order valence-corrected chi connectivity index (χ1v) is 7.79. The van der Waals surface area contributed by atoms with Crippen molar-refractivity contribution in [2.75, 3.05) is 13.1 Å². The van der Waals surface area contributed by atoms with Crippen molar-refractivity contribution in [1.29, 1.82) is 0 Å². The van der Waals surface area contributed by atoms with Crippen LogP contribution in [0.15, 0.2) is 0 Å². The maximum atomic E-state index is 12.2. The lowest BCUT2D eigenvalue weighted by Crippen LogP contribution is -2.30. The van der Waals surface area contributed by atoms with Gasteiger partial charge in [-0.3, -0.25) is 4.79 Å². The fourth-order valence-corrected chi connectivity index (χ4v) is 3.84. The van der Waals surface area contributed by atoms with Gasteiger partial charge in [-0.15, -0.1) is 11.3 Å². The second-order valence-corrected chi connectivity index (χ2v) is 6.79. The SMILES string of the molecule is CCCC1CCN(C(=O)Cc2sc(=S)[nH]c2C)C1. The number of rotatable bonds is 4. The van der Waals surface area contributed by atoms with Crippen molar-refractivity contribution in [3.63, 3.8) is 0 Å². The highest BCUT2D eigenvalue weighted by Crippen LogP contribution is 2.23. The molecule has 1 atom stereocenters. The summed E-state index contributed by atoms with van der Waals surface area (Å²) in [5.41, 5.74) is 1.04. The smallest absolute Gasteiger partial charge is 0.227 e. The van der Waals surface area contributed by atoms with Gasteiger partial charge in [-0.05, 0) is 37.9 Å². The molecule has 5 heteroatoms. The number of aryl methyl sites for hydroxylation is 1. The fourth-order valence-electron chi connectivity index (χ4n) is 2.56. The van der Waals surface area contributed by atoms with Crippen LogP contribution in [-0.4, -0.2) is 28.9 Å². The number of thiazole rings is 1. The van der Waals surface area contributed by atoms with E-state index in [4.69, 9.17) is 12.2 Å². The van der Waals surface area contributed by atoms with Crippen molar-refractivity contribution in [1.82, 2.24) is 9.88 Å². The lowest BCUT2D eigenvalue weighted by atomic mass is 10.0. The molecule has 0 aliphatic carbocycles. The monoisotopic (exact) mass is 284 g/mol. The molecular weight excluding hydrogens is 264 g/mol. The van der Waals surface area contributed by atoms with Gasteiger partial charge in [-0.1, -0.05) is 13.3 Å². The van der Waals surface area contributed by atoms with Crippen molar-refractivity contribution >= 4 is 29.5 Å². The number of H-pyrrole nitrogens is 1. The van der Waals surface area contributed by atoms with Gasteiger partial charge >= 0.3 is 0 Å². The molecule has 1 N–H and O–H groups in total. The summed E-state index contributed by atoms with van der Waals surface area (Å²) >= 11 is 6.62. The maximum absolute atomic E-state index is 12.2. The van der Waals surface area contributed by atoms with E-state index < -0.39 is 0 Å². The average Bonchev–Trinajstić information content (AvgIpc) is 2.87. The molecule has 0 saturated carbocycles. The van der Waals surface area contributed by atoms with Crippen molar-refractivity contribution < 1.29 is 4.79 Å². The molecule has 1 amide bonds. The Morgan fingerprint density at radius 1 is 1.61 bits per heavy atom. The molecule has 1 unspecified atom stereocenters. The minimum atomic E-state index is 0.252. The average molecular weight is 284 g/mol. The van der Waals surface area contributed by atoms with Crippen molar-refractivity contribution in [3.8, 4) is 0 Å². The summed E-state index contributed by atoms with van der Waals surface area (Å²) < 4.78 is 0.764. The number of carbonyl (C=O) groups is 1. The molecule has 0 spiro atoms. The number of hydrogen-bond acceptors (Lipinski definition) is 3. The quantitative estimate of drug-likeness (QED) is 0.861. The second-order valence-electron chi connectivity index (χ2n) is 5.02. The number of carbonyl (C=O) groups excluding carboxylic acids is 1. The van der Waals surface area contributed by atoms with E-state index in [1.54, 1.807) is 0 Å². The summed E-state index contributed by atoms with van der Waals surface area (Å²) in [7, 11) is 0. The zero-order chi connectivity index (χ0) is 13.1. The van der Waals surface area contributed by atoms with E-state index in [9.17, 15) is 4.79 Å². The molecule has 1 aromatic rings. The summed E-state index contributed by atoms with van der Waals surface area (Å²) in [6.45, 7) is 6.07. The van der Waals surface area contributed by atoms with Crippen molar-refractivity contribution in [2.24, 2.45) is 5.92 Å². The van der Waals surface area contributed by atoms with Crippen LogP contribution in [-0.2, 0) is 11.2 Å². The first kappa shape index (κ1) is 13.7. The van der Waals surface area contributed by atoms with Gasteiger partial charge in [-0.25, -0.2) is 0 Å². The lowest BCUT2D eigenvalue weighted by Gasteiger charge is -2.16. The zero-order valence-electron chi connectivity index (χ0n) is 11.0. The van der Waals surface area contributed by atoms with E-state index in [-0.39, 0.29) is 5.91 Å². The predicted octanol–water partition coefficient (Wildman–Crippen LogP) is 3.31. The van der Waals surface area contributed by atoms with Gasteiger partial charge in [0.15, 0.2) is 3.95 Å². The number of nitrogens with one attached hydrogen (secondary N) is 1. The van der Waals surface area contributed by atoms with Crippen LogP contribution in [0.2, 0.25) is 0 Å². The van der Waals surface area contributed by atoms with Gasteiger partial charge in [0.05, 0.1) is 6.42 Å². The Labute approximate surface area is 117 Å². The Bertz CT molecular complexity index is 478. The number of hydrogen-bond donors (Lipinski definition) is 1. The molecular formula is C13H20N2OS2. The zero-order valence-corrected chi connectivity index (χ0v) is 12.6. The summed E-state index contributed by atoms with van der Waals surface area (Å²) in [5, 5.41) is 0. The number of amides is 1. The normalized spacial score (nSPS) is 19.4. The molecule has 1 saturated heterocycles. The Kier molecular flexibility index (Phi) is 4.56. The molecule has 1 aliphatic rings. The van der Waals surface area contributed by atoms with Gasteiger partial charge in [0.2, 0.25) is 5.91 Å².